The molecular weight excluding hydrogens is 346 g/mol. The van der Waals surface area contributed by atoms with E-state index in [9.17, 15) is 9.59 Å². The fourth-order valence-corrected chi connectivity index (χ4v) is 4.17. The van der Waals surface area contributed by atoms with Crippen molar-refractivity contribution in [1.82, 2.24) is 9.88 Å². The molecule has 0 saturated carbocycles. The second-order valence-electron chi connectivity index (χ2n) is 6.54. The molecule has 2 heterocycles. The van der Waals surface area contributed by atoms with Crippen LogP contribution in [0.2, 0.25) is 0 Å². The second-order valence-corrected chi connectivity index (χ2v) is 7.65. The second kappa shape index (κ2) is 6.88. The number of carbonyl (C=O) groups excluding carboxylic acids is 2. The predicted molar refractivity (Wildman–Crippen MR) is 103 cm³/mol. The minimum absolute atomic E-state index is 0.102. The lowest BCUT2D eigenvalue weighted by atomic mass is 10.1. The number of benzene rings is 2. The van der Waals surface area contributed by atoms with Gasteiger partial charge in [0.15, 0.2) is 0 Å². The summed E-state index contributed by atoms with van der Waals surface area (Å²) in [6.45, 7) is 0.637. The van der Waals surface area contributed by atoms with Gasteiger partial charge in [-0.05, 0) is 36.2 Å². The van der Waals surface area contributed by atoms with Crippen LogP contribution < -0.4 is 5.32 Å². The number of hydrogen-bond donors (Lipinski definition) is 1. The van der Waals surface area contributed by atoms with Crippen LogP contribution in [0.15, 0.2) is 48.5 Å². The number of nitrogens with zero attached hydrogens (tertiary/aromatic N) is 2. The number of nitrogens with one attached hydrogen (secondary N) is 1. The average Bonchev–Trinajstić information content (AvgIpc) is 3.19. The van der Waals surface area contributed by atoms with Gasteiger partial charge in [-0.25, -0.2) is 4.98 Å². The highest BCUT2D eigenvalue weighted by Gasteiger charge is 2.34. The molecule has 1 aromatic heterocycles. The molecule has 26 heavy (non-hydrogen) atoms. The Hall–Kier alpha value is -2.73. The van der Waals surface area contributed by atoms with Crippen molar-refractivity contribution < 1.29 is 9.59 Å². The summed E-state index contributed by atoms with van der Waals surface area (Å²) in [7, 11) is 1.73. The largest absolute Gasteiger partial charge is 0.345 e. The minimum atomic E-state index is -0.567. The van der Waals surface area contributed by atoms with Crippen molar-refractivity contribution in [3.63, 3.8) is 0 Å². The maximum Gasteiger partial charge on any atom is 0.237 e. The van der Waals surface area contributed by atoms with E-state index in [0.29, 0.717) is 18.7 Å². The Morgan fingerprint density at radius 2 is 2.00 bits per heavy atom. The van der Waals surface area contributed by atoms with Crippen LogP contribution in [0, 0.1) is 5.92 Å². The highest BCUT2D eigenvalue weighted by atomic mass is 32.1. The third-order valence-corrected chi connectivity index (χ3v) is 5.70. The first kappa shape index (κ1) is 16.7. The zero-order valence-electron chi connectivity index (χ0n) is 14.4. The Morgan fingerprint density at radius 1 is 1.23 bits per heavy atom. The number of rotatable bonds is 4. The molecule has 132 valence electrons. The van der Waals surface area contributed by atoms with Crippen LogP contribution in [0.5, 0.6) is 0 Å². The van der Waals surface area contributed by atoms with E-state index in [4.69, 9.17) is 0 Å². The summed E-state index contributed by atoms with van der Waals surface area (Å²) in [6, 6.07) is 15.9. The molecule has 6 heteroatoms. The molecule has 1 aliphatic rings. The number of carbonyl (C=O) groups is 2. The van der Waals surface area contributed by atoms with E-state index in [0.717, 1.165) is 22.5 Å². The topological polar surface area (TPSA) is 62.3 Å². The normalized spacial score (nSPS) is 17.0. The first-order chi connectivity index (χ1) is 12.6. The SMILES string of the molecule is CN1CCC(C(=O)Nc2ccc(Cc3nc4ccccc4s3)cc2)C1=O. The number of thiazole rings is 1. The molecular formula is C20H19N3O2S. The summed E-state index contributed by atoms with van der Waals surface area (Å²) in [4.78, 5) is 30.5. The Labute approximate surface area is 155 Å². The molecule has 1 N–H and O–H groups in total. The number of fused-ring (bicyclic) bond motifs is 1. The third-order valence-electron chi connectivity index (χ3n) is 4.66. The maximum atomic E-state index is 12.3. The number of anilines is 1. The number of hydrogen-bond acceptors (Lipinski definition) is 4. The Morgan fingerprint density at radius 3 is 2.69 bits per heavy atom. The van der Waals surface area contributed by atoms with E-state index >= 15 is 0 Å². The highest BCUT2D eigenvalue weighted by Crippen LogP contribution is 2.24. The Kier molecular flexibility index (Phi) is 4.42. The van der Waals surface area contributed by atoms with E-state index in [1.165, 1.54) is 4.70 Å². The molecule has 2 amide bonds. The molecule has 1 atom stereocenters. The number of aromatic nitrogens is 1. The first-order valence-corrected chi connectivity index (χ1v) is 9.41. The molecule has 1 saturated heterocycles. The van der Waals surface area contributed by atoms with Gasteiger partial charge in [-0.3, -0.25) is 9.59 Å². The van der Waals surface area contributed by atoms with Gasteiger partial charge in [-0.15, -0.1) is 11.3 Å². The van der Waals surface area contributed by atoms with Gasteiger partial charge in [0.05, 0.1) is 15.2 Å². The van der Waals surface area contributed by atoms with Crippen LogP contribution in [-0.4, -0.2) is 35.3 Å². The number of likely N-dealkylation sites (tertiary alicyclic amines) is 1. The van der Waals surface area contributed by atoms with Gasteiger partial charge < -0.3 is 10.2 Å². The van der Waals surface area contributed by atoms with Crippen LogP contribution in [-0.2, 0) is 16.0 Å². The molecule has 0 aliphatic carbocycles. The van der Waals surface area contributed by atoms with Crippen LogP contribution >= 0.6 is 11.3 Å². The Balaban J connectivity index is 1.42. The molecule has 0 radical (unpaired) electrons. The van der Waals surface area contributed by atoms with Gasteiger partial charge in [0.2, 0.25) is 11.8 Å². The van der Waals surface area contributed by atoms with Gasteiger partial charge in [-0.1, -0.05) is 24.3 Å². The molecule has 3 aromatic rings. The van der Waals surface area contributed by atoms with Crippen molar-refractivity contribution >= 4 is 39.1 Å². The molecule has 1 fully saturated rings. The van der Waals surface area contributed by atoms with Crippen molar-refractivity contribution in [1.29, 1.82) is 0 Å². The summed E-state index contributed by atoms with van der Waals surface area (Å²) >= 11 is 1.70. The molecule has 1 unspecified atom stereocenters. The summed E-state index contributed by atoms with van der Waals surface area (Å²) in [6.07, 6.45) is 1.34. The van der Waals surface area contributed by atoms with Gasteiger partial charge in [0.1, 0.15) is 5.92 Å². The van der Waals surface area contributed by atoms with E-state index < -0.39 is 5.92 Å². The lowest BCUT2D eigenvalue weighted by molar-refractivity contribution is -0.134. The van der Waals surface area contributed by atoms with Gasteiger partial charge in [-0.2, -0.15) is 0 Å². The summed E-state index contributed by atoms with van der Waals surface area (Å²) in [5, 5.41) is 3.92. The fraction of sp³-hybridized carbons (Fsp3) is 0.250. The summed E-state index contributed by atoms with van der Waals surface area (Å²) < 4.78 is 1.19. The smallest absolute Gasteiger partial charge is 0.237 e. The lowest BCUT2D eigenvalue weighted by Crippen LogP contribution is -2.30. The van der Waals surface area contributed by atoms with Crippen LogP contribution in [0.3, 0.4) is 0 Å². The molecule has 0 spiro atoms. The van der Waals surface area contributed by atoms with Crippen molar-refractivity contribution in [2.24, 2.45) is 5.92 Å². The zero-order valence-corrected chi connectivity index (χ0v) is 15.3. The fourth-order valence-electron chi connectivity index (χ4n) is 3.17. The van der Waals surface area contributed by atoms with Crippen LogP contribution in [0.4, 0.5) is 5.69 Å². The van der Waals surface area contributed by atoms with Crippen molar-refractivity contribution in [2.75, 3.05) is 18.9 Å². The van der Waals surface area contributed by atoms with E-state index in [1.807, 2.05) is 42.5 Å². The summed E-state index contributed by atoms with van der Waals surface area (Å²) in [5.74, 6) is -0.893. The van der Waals surface area contributed by atoms with Crippen LogP contribution in [0.1, 0.15) is 17.0 Å². The monoisotopic (exact) mass is 365 g/mol. The third kappa shape index (κ3) is 3.32. The molecule has 2 aromatic carbocycles. The standard InChI is InChI=1S/C20H19N3O2S/c1-23-11-10-15(20(23)25)19(24)21-14-8-6-13(7-9-14)12-18-22-16-4-2-3-5-17(16)26-18/h2-9,15H,10-12H2,1H3,(H,21,24). The minimum Gasteiger partial charge on any atom is -0.345 e. The quantitative estimate of drug-likeness (QED) is 0.722. The van der Waals surface area contributed by atoms with E-state index in [1.54, 1.807) is 23.3 Å². The maximum absolute atomic E-state index is 12.3. The lowest BCUT2D eigenvalue weighted by Gasteiger charge is -2.11. The number of amides is 2. The molecule has 4 rings (SSSR count). The van der Waals surface area contributed by atoms with Gasteiger partial charge in [0.25, 0.3) is 0 Å². The van der Waals surface area contributed by atoms with Crippen molar-refractivity contribution in [2.45, 2.75) is 12.8 Å². The van der Waals surface area contributed by atoms with Gasteiger partial charge >= 0.3 is 0 Å². The van der Waals surface area contributed by atoms with Crippen LogP contribution in [0.25, 0.3) is 10.2 Å². The van der Waals surface area contributed by atoms with Gasteiger partial charge in [0, 0.05) is 25.7 Å². The molecule has 5 nitrogen and oxygen atoms in total. The first-order valence-electron chi connectivity index (χ1n) is 8.59. The summed E-state index contributed by atoms with van der Waals surface area (Å²) in [5.41, 5.74) is 2.88. The zero-order chi connectivity index (χ0) is 18.1. The van der Waals surface area contributed by atoms with E-state index in [-0.39, 0.29) is 11.8 Å². The molecule has 0 bridgehead atoms. The number of para-hydroxylation sites is 1. The predicted octanol–water partition coefficient (Wildman–Crippen LogP) is 3.30. The Bertz CT molecular complexity index is 932. The van der Waals surface area contributed by atoms with E-state index in [2.05, 4.69) is 16.4 Å². The highest BCUT2D eigenvalue weighted by molar-refractivity contribution is 7.18. The molecule has 1 aliphatic heterocycles. The average molecular weight is 365 g/mol. The van der Waals surface area contributed by atoms with Crippen molar-refractivity contribution in [3.05, 3.63) is 59.1 Å². The van der Waals surface area contributed by atoms with Crippen molar-refractivity contribution in [3.8, 4) is 0 Å².